The fraction of sp³-hybridized carbons (Fsp3) is 0.292. The molecule has 0 saturated carbocycles. The van der Waals surface area contributed by atoms with Gasteiger partial charge in [-0.1, -0.05) is 24.3 Å². The van der Waals surface area contributed by atoms with E-state index in [0.717, 1.165) is 44.7 Å². The number of hydrogen-bond acceptors (Lipinski definition) is 4. The molecule has 142 valence electrons. The number of rotatable bonds is 2. The van der Waals surface area contributed by atoms with Crippen LogP contribution in [0.1, 0.15) is 33.4 Å². The van der Waals surface area contributed by atoms with E-state index in [4.69, 9.17) is 5.79 Å². The van der Waals surface area contributed by atoms with Gasteiger partial charge in [-0.05, 0) is 64.4 Å². The summed E-state index contributed by atoms with van der Waals surface area (Å²) in [5, 5.41) is 2.10. The third kappa shape index (κ3) is 2.27. The van der Waals surface area contributed by atoms with Crippen molar-refractivity contribution in [3.8, 4) is 0 Å². The molecule has 0 fully saturated rings. The lowest BCUT2D eigenvalue weighted by Gasteiger charge is -2.33. The number of nitrogens with zero attached hydrogens (tertiary/aromatic N) is 3. The van der Waals surface area contributed by atoms with E-state index in [0.29, 0.717) is 5.71 Å². The molecule has 1 aliphatic heterocycles. The number of aromatic nitrogens is 1. The summed E-state index contributed by atoms with van der Waals surface area (Å²) >= 11 is 0. The fourth-order valence-electron chi connectivity index (χ4n) is 4.51. The first-order valence-electron chi connectivity index (χ1n) is 10.2. The Bertz CT molecular complexity index is 1250. The first-order valence-corrected chi connectivity index (χ1v) is 9.74. The van der Waals surface area contributed by atoms with Gasteiger partial charge in [0.15, 0.2) is 5.58 Å². The second kappa shape index (κ2) is 5.99. The molecule has 2 aromatic carbocycles. The molecule has 0 spiro atoms. The third-order valence-corrected chi connectivity index (χ3v) is 5.69. The van der Waals surface area contributed by atoms with Crippen molar-refractivity contribution in [2.45, 2.75) is 46.8 Å². The molecule has 1 atom stereocenters. The van der Waals surface area contributed by atoms with Gasteiger partial charge < -0.3 is 14.2 Å². The monoisotopic (exact) mass is 372 g/mol. The summed E-state index contributed by atoms with van der Waals surface area (Å²) < 4.78 is 15.1. The second-order valence-corrected chi connectivity index (χ2v) is 7.82. The number of anilines is 3. The van der Waals surface area contributed by atoms with Gasteiger partial charge in [0.1, 0.15) is 6.17 Å². The van der Waals surface area contributed by atoms with Gasteiger partial charge in [-0.3, -0.25) is 0 Å². The summed E-state index contributed by atoms with van der Waals surface area (Å²) in [4.78, 5) is 9.06. The molecule has 4 heteroatoms. The van der Waals surface area contributed by atoms with Crippen LogP contribution in [0.2, 0.25) is 0 Å². The minimum absolute atomic E-state index is 0.0212. The normalized spacial score (nSPS) is 17.5. The van der Waals surface area contributed by atoms with Gasteiger partial charge in [0.05, 0.1) is 18.4 Å². The minimum atomic E-state index is -0.751. The average Bonchev–Trinajstić information content (AvgIpc) is 3.15. The highest BCUT2D eigenvalue weighted by molar-refractivity contribution is 6.10. The molecule has 5 rings (SSSR count). The van der Waals surface area contributed by atoms with Crippen LogP contribution in [-0.4, -0.2) is 17.2 Å². The standard InChI is InChI=1S/C24H25N3O/c1-14(2)26-17(5)27(21-9-7-6-8-20(21)26)22-15(3)10-12-18-19-13-11-16(4)25-24(19)28-23(18)22/h6-14,17H,1-5H3/t17-/m0/s1/i14D. The van der Waals surface area contributed by atoms with Gasteiger partial charge in [-0.15, -0.1) is 0 Å². The molecule has 4 nitrogen and oxygen atoms in total. The van der Waals surface area contributed by atoms with E-state index in [9.17, 15) is 0 Å². The Morgan fingerprint density at radius 1 is 1.00 bits per heavy atom. The summed E-state index contributed by atoms with van der Waals surface area (Å²) in [5.74, 6) is 0. The average molecular weight is 372 g/mol. The van der Waals surface area contributed by atoms with Crippen LogP contribution in [0.5, 0.6) is 0 Å². The molecule has 0 aliphatic carbocycles. The zero-order valence-electron chi connectivity index (χ0n) is 17.9. The quantitative estimate of drug-likeness (QED) is 0.413. The van der Waals surface area contributed by atoms with Crippen molar-refractivity contribution in [1.82, 2.24) is 4.98 Å². The Kier molecular flexibility index (Phi) is 3.42. The number of pyridine rings is 1. The molecule has 2 aromatic heterocycles. The van der Waals surface area contributed by atoms with E-state index in [1.54, 1.807) is 0 Å². The fourth-order valence-corrected chi connectivity index (χ4v) is 4.51. The molecule has 0 radical (unpaired) electrons. The third-order valence-electron chi connectivity index (χ3n) is 5.69. The van der Waals surface area contributed by atoms with Gasteiger partial charge in [0, 0.05) is 22.5 Å². The lowest BCUT2D eigenvalue weighted by molar-refractivity contribution is 0.601. The second-order valence-electron chi connectivity index (χ2n) is 7.82. The Balaban J connectivity index is 1.81. The van der Waals surface area contributed by atoms with Crippen LogP contribution in [0.3, 0.4) is 0 Å². The predicted octanol–water partition coefficient (Wildman–Crippen LogP) is 6.31. The predicted molar refractivity (Wildman–Crippen MR) is 117 cm³/mol. The molecular formula is C24H25N3O. The molecule has 0 N–H and O–H groups in total. The Hall–Kier alpha value is -3.01. The highest BCUT2D eigenvalue weighted by atomic mass is 16.3. The summed E-state index contributed by atoms with van der Waals surface area (Å²) in [6.07, 6.45) is -0.0212. The van der Waals surface area contributed by atoms with Crippen molar-refractivity contribution in [1.29, 1.82) is 0 Å². The smallest absolute Gasteiger partial charge is 0.227 e. The maximum Gasteiger partial charge on any atom is 0.227 e. The van der Waals surface area contributed by atoms with Crippen LogP contribution in [0, 0.1) is 13.8 Å². The molecule has 28 heavy (non-hydrogen) atoms. The van der Waals surface area contributed by atoms with Crippen LogP contribution in [0.15, 0.2) is 52.9 Å². The Labute approximate surface area is 166 Å². The number of para-hydroxylation sites is 2. The SMILES string of the molecule is [2H]C(C)(C)N1c2ccccc2N(c2c(C)ccc3c2oc2nc(C)ccc23)[C@H]1C. The van der Waals surface area contributed by atoms with E-state index < -0.39 is 6.02 Å². The Morgan fingerprint density at radius 3 is 2.46 bits per heavy atom. The molecule has 3 heterocycles. The van der Waals surface area contributed by atoms with Crippen molar-refractivity contribution in [3.05, 3.63) is 59.8 Å². The number of hydrogen-bond donors (Lipinski definition) is 0. The van der Waals surface area contributed by atoms with E-state index in [1.807, 2.05) is 32.9 Å². The molecule has 4 aromatic rings. The van der Waals surface area contributed by atoms with Crippen molar-refractivity contribution in [2.24, 2.45) is 0 Å². The van der Waals surface area contributed by atoms with Crippen molar-refractivity contribution in [3.63, 3.8) is 0 Å². The first-order chi connectivity index (χ1) is 13.8. The number of furan rings is 1. The number of aryl methyl sites for hydroxylation is 2. The van der Waals surface area contributed by atoms with Crippen molar-refractivity contribution >= 4 is 39.1 Å². The van der Waals surface area contributed by atoms with Gasteiger partial charge in [-0.25, -0.2) is 4.98 Å². The van der Waals surface area contributed by atoms with Crippen molar-refractivity contribution < 1.29 is 5.79 Å². The summed E-state index contributed by atoms with van der Waals surface area (Å²) in [5.41, 5.74) is 6.82. The van der Waals surface area contributed by atoms with Crippen LogP contribution in [0.4, 0.5) is 17.1 Å². The topological polar surface area (TPSA) is 32.5 Å². The Morgan fingerprint density at radius 2 is 1.71 bits per heavy atom. The summed E-state index contributed by atoms with van der Waals surface area (Å²) in [6.45, 7) is 10.1. The largest absolute Gasteiger partial charge is 0.435 e. The van der Waals surface area contributed by atoms with Crippen LogP contribution in [0.25, 0.3) is 22.1 Å². The van der Waals surface area contributed by atoms with Crippen LogP contribution >= 0.6 is 0 Å². The molecule has 1 aliphatic rings. The first kappa shape index (κ1) is 16.0. The number of fused-ring (bicyclic) bond motifs is 4. The van der Waals surface area contributed by atoms with E-state index in [1.165, 1.54) is 0 Å². The van der Waals surface area contributed by atoms with E-state index >= 15 is 0 Å². The zero-order valence-corrected chi connectivity index (χ0v) is 16.9. The van der Waals surface area contributed by atoms with Crippen LogP contribution in [-0.2, 0) is 0 Å². The highest BCUT2D eigenvalue weighted by Gasteiger charge is 2.37. The molecule has 0 unspecified atom stereocenters. The lowest BCUT2D eigenvalue weighted by atomic mass is 10.1. The summed E-state index contributed by atoms with van der Waals surface area (Å²) in [6, 6.07) is 15.9. The summed E-state index contributed by atoms with van der Waals surface area (Å²) in [7, 11) is 0. The molecule has 0 saturated heterocycles. The van der Waals surface area contributed by atoms with E-state index in [-0.39, 0.29) is 6.17 Å². The van der Waals surface area contributed by atoms with E-state index in [2.05, 4.69) is 65.0 Å². The van der Waals surface area contributed by atoms with Crippen LogP contribution < -0.4 is 9.80 Å². The molecule has 0 amide bonds. The maximum atomic E-state index is 8.74. The zero-order chi connectivity index (χ0) is 20.5. The van der Waals surface area contributed by atoms with Crippen molar-refractivity contribution in [2.75, 3.05) is 9.80 Å². The lowest BCUT2D eigenvalue weighted by Crippen LogP contribution is -2.42. The van der Waals surface area contributed by atoms with Gasteiger partial charge >= 0.3 is 0 Å². The van der Waals surface area contributed by atoms with Gasteiger partial charge in [0.25, 0.3) is 0 Å². The number of benzene rings is 2. The molecule has 0 bridgehead atoms. The molecular weight excluding hydrogens is 346 g/mol. The maximum absolute atomic E-state index is 8.74. The minimum Gasteiger partial charge on any atom is -0.435 e. The van der Waals surface area contributed by atoms with Gasteiger partial charge in [0.2, 0.25) is 5.71 Å². The highest BCUT2D eigenvalue weighted by Crippen LogP contribution is 2.48. The van der Waals surface area contributed by atoms with Gasteiger partial charge in [-0.2, -0.15) is 0 Å².